The van der Waals surface area contributed by atoms with E-state index in [9.17, 15) is 0 Å². The van der Waals surface area contributed by atoms with Gasteiger partial charge in [-0.1, -0.05) is 0 Å². The summed E-state index contributed by atoms with van der Waals surface area (Å²) >= 11 is 0. The molecule has 0 aliphatic carbocycles. The summed E-state index contributed by atoms with van der Waals surface area (Å²) < 4.78 is 19.4. The molecule has 1 aliphatic heterocycles. The average Bonchev–Trinajstić information content (AvgIpc) is 2.26. The maximum atomic E-state index is 6.48. The van der Waals surface area contributed by atoms with E-state index in [2.05, 4.69) is 88.0 Å². The first kappa shape index (κ1) is 22.9. The van der Waals surface area contributed by atoms with Crippen LogP contribution in [0.1, 0.15) is 83.1 Å². The zero-order valence-electron chi connectivity index (χ0n) is 18.8. The van der Waals surface area contributed by atoms with Crippen LogP contribution in [0.4, 0.5) is 0 Å². The Kier molecular flexibility index (Phi) is 6.82. The van der Waals surface area contributed by atoms with E-state index < -0.39 is 0 Å². The van der Waals surface area contributed by atoms with E-state index in [1.54, 1.807) is 0 Å². The highest BCUT2D eigenvalue weighted by Gasteiger charge is 2.46. The zero-order valence-corrected chi connectivity index (χ0v) is 18.8. The number of likely N-dealkylation sites (tertiary alicyclic amines) is 1. The lowest BCUT2D eigenvalue weighted by atomic mass is 9.93. The molecular weight excluding hydrogens is 314 g/mol. The molecule has 1 aliphatic rings. The second-order valence-electron chi connectivity index (χ2n) is 11.3. The molecule has 2 atom stereocenters. The molecule has 2 unspecified atom stereocenters. The van der Waals surface area contributed by atoms with Crippen molar-refractivity contribution >= 4 is 0 Å². The van der Waals surface area contributed by atoms with Gasteiger partial charge in [0.05, 0.1) is 29.0 Å². The minimum Gasteiger partial charge on any atom is -0.368 e. The lowest BCUT2D eigenvalue weighted by Gasteiger charge is -2.51. The van der Waals surface area contributed by atoms with Crippen molar-refractivity contribution in [2.75, 3.05) is 13.1 Å². The Hall–Kier alpha value is -0.160. The van der Waals surface area contributed by atoms with Crippen molar-refractivity contribution in [2.24, 2.45) is 0 Å². The van der Waals surface area contributed by atoms with Gasteiger partial charge in [0, 0.05) is 18.6 Å². The Balaban J connectivity index is 3.19. The van der Waals surface area contributed by atoms with E-state index in [1.807, 2.05) is 0 Å². The van der Waals surface area contributed by atoms with E-state index in [-0.39, 0.29) is 40.7 Å². The fraction of sp³-hybridized carbons (Fsp3) is 1.00. The number of hydrogen-bond acceptors (Lipinski definition) is 4. The summed E-state index contributed by atoms with van der Waals surface area (Å²) in [6.07, 6.45) is -0.142. The van der Waals surface area contributed by atoms with Crippen molar-refractivity contribution in [3.05, 3.63) is 0 Å². The first-order valence-electron chi connectivity index (χ1n) is 9.66. The molecule has 0 spiro atoms. The van der Waals surface area contributed by atoms with Crippen molar-refractivity contribution in [3.63, 3.8) is 0 Å². The van der Waals surface area contributed by atoms with Crippen molar-refractivity contribution in [2.45, 2.75) is 124 Å². The third-order valence-corrected chi connectivity index (χ3v) is 3.98. The number of rotatable bonds is 3. The molecule has 150 valence electrons. The molecule has 0 saturated carbocycles. The molecule has 1 fully saturated rings. The molecule has 0 radical (unpaired) electrons. The van der Waals surface area contributed by atoms with Gasteiger partial charge in [-0.3, -0.25) is 4.90 Å². The predicted molar refractivity (Wildman–Crippen MR) is 105 cm³/mol. The molecule has 0 aromatic rings. The monoisotopic (exact) mass is 357 g/mol. The summed E-state index contributed by atoms with van der Waals surface area (Å²) in [4.78, 5) is 2.46. The smallest absolute Gasteiger partial charge is 0.113 e. The summed E-state index contributed by atoms with van der Waals surface area (Å²) in [6, 6.07) is 0. The maximum absolute atomic E-state index is 6.48. The van der Waals surface area contributed by atoms with Crippen molar-refractivity contribution in [3.8, 4) is 0 Å². The SMILES string of the molecule is CC(C)(C)OC1CN(C(C)(C)C)CC(OC(C)(C)C)C1OC(C)(C)C. The van der Waals surface area contributed by atoms with Crippen molar-refractivity contribution in [1.29, 1.82) is 0 Å². The Morgan fingerprint density at radius 3 is 1.12 bits per heavy atom. The minimum atomic E-state index is -0.243. The Morgan fingerprint density at radius 2 is 0.880 bits per heavy atom. The highest BCUT2D eigenvalue weighted by atomic mass is 16.6. The van der Waals surface area contributed by atoms with Crippen LogP contribution in [0.25, 0.3) is 0 Å². The summed E-state index contributed by atoms with van der Waals surface area (Å²) in [5.41, 5.74) is -0.631. The van der Waals surface area contributed by atoms with E-state index >= 15 is 0 Å². The van der Waals surface area contributed by atoms with Crippen LogP contribution in [0.15, 0.2) is 0 Å². The molecule has 0 N–H and O–H groups in total. The first-order chi connectivity index (χ1) is 10.9. The van der Waals surface area contributed by atoms with Crippen LogP contribution in [0.5, 0.6) is 0 Å². The molecule has 4 nitrogen and oxygen atoms in total. The fourth-order valence-corrected chi connectivity index (χ4v) is 3.18. The van der Waals surface area contributed by atoms with Gasteiger partial charge in [0.25, 0.3) is 0 Å². The number of hydrogen-bond donors (Lipinski definition) is 0. The van der Waals surface area contributed by atoms with E-state index in [4.69, 9.17) is 14.2 Å². The number of ether oxygens (including phenoxy) is 3. The van der Waals surface area contributed by atoms with Gasteiger partial charge in [-0.25, -0.2) is 0 Å². The molecule has 0 amide bonds. The van der Waals surface area contributed by atoms with Gasteiger partial charge >= 0.3 is 0 Å². The lowest BCUT2D eigenvalue weighted by molar-refractivity contribution is -0.247. The fourth-order valence-electron chi connectivity index (χ4n) is 3.18. The van der Waals surface area contributed by atoms with Gasteiger partial charge in [0.1, 0.15) is 6.10 Å². The highest BCUT2D eigenvalue weighted by Crippen LogP contribution is 2.32. The van der Waals surface area contributed by atoms with Crippen LogP contribution in [0, 0.1) is 0 Å². The third-order valence-electron chi connectivity index (χ3n) is 3.98. The van der Waals surface area contributed by atoms with Gasteiger partial charge in [-0.15, -0.1) is 0 Å². The molecule has 1 heterocycles. The second-order valence-corrected chi connectivity index (χ2v) is 11.3. The van der Waals surface area contributed by atoms with Crippen LogP contribution < -0.4 is 0 Å². The molecule has 0 aromatic carbocycles. The third kappa shape index (κ3) is 8.38. The topological polar surface area (TPSA) is 30.9 Å². The number of nitrogens with zero attached hydrogens (tertiary/aromatic N) is 1. The van der Waals surface area contributed by atoms with Crippen LogP contribution >= 0.6 is 0 Å². The highest BCUT2D eigenvalue weighted by molar-refractivity contribution is 4.96. The Labute approximate surface area is 156 Å². The Morgan fingerprint density at radius 1 is 0.560 bits per heavy atom. The molecule has 25 heavy (non-hydrogen) atoms. The summed E-state index contributed by atoms with van der Waals surface area (Å²) in [6.45, 7) is 27.4. The summed E-state index contributed by atoms with van der Waals surface area (Å²) in [5.74, 6) is 0. The molecule has 0 aromatic heterocycles. The summed E-state index contributed by atoms with van der Waals surface area (Å²) in [7, 11) is 0. The predicted octanol–water partition coefficient (Wildman–Crippen LogP) is 4.65. The number of piperidine rings is 1. The molecule has 1 saturated heterocycles. The average molecular weight is 358 g/mol. The van der Waals surface area contributed by atoms with Gasteiger partial charge in [-0.2, -0.15) is 0 Å². The van der Waals surface area contributed by atoms with Gasteiger partial charge in [-0.05, 0) is 83.1 Å². The van der Waals surface area contributed by atoms with Crippen LogP contribution in [-0.2, 0) is 14.2 Å². The van der Waals surface area contributed by atoms with Gasteiger partial charge in [0.15, 0.2) is 0 Å². The van der Waals surface area contributed by atoms with Crippen molar-refractivity contribution in [1.82, 2.24) is 4.90 Å². The van der Waals surface area contributed by atoms with E-state index in [0.717, 1.165) is 13.1 Å². The van der Waals surface area contributed by atoms with Gasteiger partial charge < -0.3 is 14.2 Å². The second kappa shape index (κ2) is 7.46. The van der Waals surface area contributed by atoms with Crippen molar-refractivity contribution < 1.29 is 14.2 Å². The quantitative estimate of drug-likeness (QED) is 0.735. The zero-order chi connectivity index (χ0) is 19.8. The molecular formula is C21H43NO3. The van der Waals surface area contributed by atoms with Crippen LogP contribution in [-0.4, -0.2) is 58.6 Å². The summed E-state index contributed by atoms with van der Waals surface area (Å²) in [5, 5.41) is 0. The van der Waals surface area contributed by atoms with Gasteiger partial charge in [0.2, 0.25) is 0 Å². The van der Waals surface area contributed by atoms with Crippen LogP contribution in [0.3, 0.4) is 0 Å². The van der Waals surface area contributed by atoms with Crippen LogP contribution in [0.2, 0.25) is 0 Å². The maximum Gasteiger partial charge on any atom is 0.113 e. The normalized spacial score (nSPS) is 27.6. The minimum absolute atomic E-state index is 0.0282. The first-order valence-corrected chi connectivity index (χ1v) is 9.66. The standard InChI is InChI=1S/C21H43NO3/c1-18(2,3)22-13-15(23-19(4,5)6)17(25-21(10,11)12)16(14-22)24-20(7,8)9/h15-17H,13-14H2,1-12H3. The largest absolute Gasteiger partial charge is 0.368 e. The lowest BCUT2D eigenvalue weighted by Crippen LogP contribution is -2.64. The molecule has 4 heteroatoms. The Bertz CT molecular complexity index is 394. The van der Waals surface area contributed by atoms with E-state index in [1.165, 1.54) is 0 Å². The molecule has 0 bridgehead atoms. The molecule has 1 rings (SSSR count). The van der Waals surface area contributed by atoms with E-state index in [0.29, 0.717) is 0 Å².